The normalized spacial score (nSPS) is 10.5. The number of carbonyl (C=O) groups excluding carboxylic acids is 2. The number of hydrogen-bond acceptors (Lipinski definition) is 3. The molecular weight excluding hydrogens is 328 g/mol. The fourth-order valence-corrected chi connectivity index (χ4v) is 2.57. The predicted molar refractivity (Wildman–Crippen MR) is 105 cm³/mol. The fourth-order valence-electron chi connectivity index (χ4n) is 2.57. The lowest BCUT2D eigenvalue weighted by atomic mass is 10.1. The molecule has 0 heterocycles. The molecule has 1 N–H and O–H groups in total. The number of aryl methyl sites for hydroxylation is 1. The standard InChI is InChI=1S/C21H26N2O3/c1-5-17-10-12-18(13-11-17)22-21(25)14-23(16(4)24)19-8-6-7-9-20(19)26-15(2)3/h6-13,15H,5,14H2,1-4H3,(H,22,25). The van der Waals surface area contributed by atoms with Gasteiger partial charge in [0.2, 0.25) is 11.8 Å². The number of para-hydroxylation sites is 2. The Kier molecular flexibility index (Phi) is 6.78. The lowest BCUT2D eigenvalue weighted by Crippen LogP contribution is -2.37. The largest absolute Gasteiger partial charge is 0.489 e. The molecule has 0 saturated heterocycles. The molecule has 0 fully saturated rings. The summed E-state index contributed by atoms with van der Waals surface area (Å²) in [7, 11) is 0. The Hall–Kier alpha value is -2.82. The van der Waals surface area contributed by atoms with E-state index in [2.05, 4.69) is 12.2 Å². The van der Waals surface area contributed by atoms with Gasteiger partial charge >= 0.3 is 0 Å². The van der Waals surface area contributed by atoms with Gasteiger partial charge in [-0.2, -0.15) is 0 Å². The summed E-state index contributed by atoms with van der Waals surface area (Å²) in [6, 6.07) is 14.9. The third kappa shape index (κ3) is 5.34. The van der Waals surface area contributed by atoms with Gasteiger partial charge in [-0.1, -0.05) is 31.2 Å². The molecule has 26 heavy (non-hydrogen) atoms. The van der Waals surface area contributed by atoms with E-state index < -0.39 is 0 Å². The van der Waals surface area contributed by atoms with Crippen LogP contribution in [0.5, 0.6) is 5.75 Å². The van der Waals surface area contributed by atoms with Crippen molar-refractivity contribution in [3.05, 3.63) is 54.1 Å². The van der Waals surface area contributed by atoms with Crippen LogP contribution in [0.15, 0.2) is 48.5 Å². The first-order chi connectivity index (χ1) is 12.4. The van der Waals surface area contributed by atoms with Gasteiger partial charge in [-0.25, -0.2) is 0 Å². The third-order valence-corrected chi connectivity index (χ3v) is 3.85. The molecule has 0 bridgehead atoms. The summed E-state index contributed by atoms with van der Waals surface area (Å²) < 4.78 is 5.78. The number of nitrogens with zero attached hydrogens (tertiary/aromatic N) is 1. The average Bonchev–Trinajstić information content (AvgIpc) is 2.60. The topological polar surface area (TPSA) is 58.6 Å². The molecule has 0 aliphatic heterocycles. The number of amides is 2. The highest BCUT2D eigenvalue weighted by molar-refractivity contribution is 6.02. The number of benzene rings is 2. The zero-order valence-corrected chi connectivity index (χ0v) is 15.8. The lowest BCUT2D eigenvalue weighted by molar-refractivity contribution is -0.120. The van der Waals surface area contributed by atoms with Crippen LogP contribution in [0.3, 0.4) is 0 Å². The minimum Gasteiger partial charge on any atom is -0.489 e. The lowest BCUT2D eigenvalue weighted by Gasteiger charge is -2.24. The Morgan fingerprint density at radius 3 is 2.31 bits per heavy atom. The van der Waals surface area contributed by atoms with Gasteiger partial charge in [-0.3, -0.25) is 14.5 Å². The molecule has 138 valence electrons. The molecule has 0 unspecified atom stereocenters. The van der Waals surface area contributed by atoms with E-state index in [-0.39, 0.29) is 24.5 Å². The van der Waals surface area contributed by atoms with Crippen molar-refractivity contribution < 1.29 is 14.3 Å². The number of anilines is 2. The number of carbonyl (C=O) groups is 2. The second kappa shape index (κ2) is 9.04. The van der Waals surface area contributed by atoms with E-state index in [0.29, 0.717) is 17.1 Å². The predicted octanol–water partition coefficient (Wildman–Crippen LogP) is 4.03. The molecule has 5 heteroatoms. The SMILES string of the molecule is CCc1ccc(NC(=O)CN(C(C)=O)c2ccccc2OC(C)C)cc1. The van der Waals surface area contributed by atoms with E-state index in [9.17, 15) is 9.59 Å². The maximum Gasteiger partial charge on any atom is 0.244 e. The minimum atomic E-state index is -0.260. The number of hydrogen-bond donors (Lipinski definition) is 1. The van der Waals surface area contributed by atoms with Gasteiger partial charge in [-0.05, 0) is 50.1 Å². The molecule has 2 amide bonds. The van der Waals surface area contributed by atoms with E-state index >= 15 is 0 Å². The number of nitrogens with one attached hydrogen (secondary N) is 1. The Morgan fingerprint density at radius 1 is 1.08 bits per heavy atom. The van der Waals surface area contributed by atoms with Crippen molar-refractivity contribution in [2.75, 3.05) is 16.8 Å². The first-order valence-corrected chi connectivity index (χ1v) is 8.83. The Bertz CT molecular complexity index is 754. The summed E-state index contributed by atoms with van der Waals surface area (Å²) in [4.78, 5) is 26.0. The molecule has 0 atom stereocenters. The molecular formula is C21H26N2O3. The van der Waals surface area contributed by atoms with Crippen LogP contribution < -0.4 is 15.0 Å². The fraction of sp³-hybridized carbons (Fsp3) is 0.333. The molecule has 5 nitrogen and oxygen atoms in total. The molecule has 0 aliphatic rings. The van der Waals surface area contributed by atoms with Crippen molar-refractivity contribution in [1.29, 1.82) is 0 Å². The van der Waals surface area contributed by atoms with Crippen molar-refractivity contribution in [1.82, 2.24) is 0 Å². The highest BCUT2D eigenvalue weighted by Gasteiger charge is 2.20. The average molecular weight is 354 g/mol. The zero-order chi connectivity index (χ0) is 19.1. The molecule has 0 aliphatic carbocycles. The van der Waals surface area contributed by atoms with E-state index in [1.54, 1.807) is 12.1 Å². The first-order valence-electron chi connectivity index (χ1n) is 8.83. The summed E-state index contributed by atoms with van der Waals surface area (Å²) >= 11 is 0. The molecule has 2 rings (SSSR count). The highest BCUT2D eigenvalue weighted by Crippen LogP contribution is 2.29. The summed E-state index contributed by atoms with van der Waals surface area (Å²) in [6.45, 7) is 7.27. The van der Waals surface area contributed by atoms with Gasteiger partial charge in [0.25, 0.3) is 0 Å². The molecule has 0 aromatic heterocycles. The molecule has 2 aromatic carbocycles. The van der Waals surface area contributed by atoms with Crippen molar-refractivity contribution >= 4 is 23.2 Å². The van der Waals surface area contributed by atoms with Crippen LogP contribution in [-0.2, 0) is 16.0 Å². The maximum absolute atomic E-state index is 12.4. The van der Waals surface area contributed by atoms with Crippen molar-refractivity contribution in [2.24, 2.45) is 0 Å². The Balaban J connectivity index is 2.15. The zero-order valence-electron chi connectivity index (χ0n) is 15.8. The summed E-state index contributed by atoms with van der Waals surface area (Å²) in [5, 5.41) is 2.83. The van der Waals surface area contributed by atoms with Gasteiger partial charge in [0.1, 0.15) is 12.3 Å². The van der Waals surface area contributed by atoms with Gasteiger partial charge in [-0.15, -0.1) is 0 Å². The number of rotatable bonds is 7. The van der Waals surface area contributed by atoms with Crippen LogP contribution in [0.4, 0.5) is 11.4 Å². The Labute approximate surface area is 155 Å². The van der Waals surface area contributed by atoms with Crippen molar-refractivity contribution in [2.45, 2.75) is 40.2 Å². The minimum absolute atomic E-state index is 0.0316. The van der Waals surface area contributed by atoms with Crippen LogP contribution in [0.25, 0.3) is 0 Å². The Morgan fingerprint density at radius 2 is 1.73 bits per heavy atom. The van der Waals surface area contributed by atoms with E-state index in [4.69, 9.17) is 4.74 Å². The van der Waals surface area contributed by atoms with Crippen LogP contribution in [-0.4, -0.2) is 24.5 Å². The van der Waals surface area contributed by atoms with Gasteiger partial charge < -0.3 is 10.1 Å². The van der Waals surface area contributed by atoms with Gasteiger partial charge in [0.15, 0.2) is 0 Å². The molecule has 0 radical (unpaired) electrons. The van der Waals surface area contributed by atoms with Crippen LogP contribution in [0.1, 0.15) is 33.3 Å². The highest BCUT2D eigenvalue weighted by atomic mass is 16.5. The monoisotopic (exact) mass is 354 g/mol. The quantitative estimate of drug-likeness (QED) is 0.817. The summed E-state index contributed by atoms with van der Waals surface area (Å²) in [5.41, 5.74) is 2.50. The van der Waals surface area contributed by atoms with E-state index in [0.717, 1.165) is 6.42 Å². The van der Waals surface area contributed by atoms with E-state index in [1.165, 1.54) is 17.4 Å². The second-order valence-corrected chi connectivity index (χ2v) is 6.34. The van der Waals surface area contributed by atoms with Crippen LogP contribution in [0.2, 0.25) is 0 Å². The van der Waals surface area contributed by atoms with Crippen molar-refractivity contribution in [3.63, 3.8) is 0 Å². The summed E-state index contributed by atoms with van der Waals surface area (Å²) in [5.74, 6) is 0.0999. The second-order valence-electron chi connectivity index (χ2n) is 6.34. The van der Waals surface area contributed by atoms with E-state index in [1.807, 2.05) is 50.2 Å². The van der Waals surface area contributed by atoms with Gasteiger partial charge in [0.05, 0.1) is 11.8 Å². The number of ether oxygens (including phenoxy) is 1. The summed E-state index contributed by atoms with van der Waals surface area (Å²) in [6.07, 6.45) is 0.912. The smallest absolute Gasteiger partial charge is 0.244 e. The molecule has 0 saturated carbocycles. The van der Waals surface area contributed by atoms with Crippen LogP contribution in [0, 0.1) is 0 Å². The molecule has 0 spiro atoms. The maximum atomic E-state index is 12.4. The van der Waals surface area contributed by atoms with Crippen molar-refractivity contribution in [3.8, 4) is 5.75 Å². The van der Waals surface area contributed by atoms with Crippen LogP contribution >= 0.6 is 0 Å². The first kappa shape index (κ1) is 19.5. The van der Waals surface area contributed by atoms with Gasteiger partial charge in [0, 0.05) is 12.6 Å². The third-order valence-electron chi connectivity index (χ3n) is 3.85. The molecule has 2 aromatic rings.